The van der Waals surface area contributed by atoms with E-state index in [0.29, 0.717) is 10.6 Å². The highest BCUT2D eigenvalue weighted by Gasteiger charge is 2.47. The fourth-order valence-electron chi connectivity index (χ4n) is 3.57. The van der Waals surface area contributed by atoms with Crippen LogP contribution in [0, 0.1) is 18.3 Å². The van der Waals surface area contributed by atoms with Gasteiger partial charge in [0.05, 0.1) is 19.2 Å². The van der Waals surface area contributed by atoms with E-state index in [0.717, 1.165) is 21.6 Å². The zero-order valence-corrected chi connectivity index (χ0v) is 18.3. The van der Waals surface area contributed by atoms with Crippen LogP contribution in [0.1, 0.15) is 40.4 Å². The molecule has 1 aromatic carbocycles. The van der Waals surface area contributed by atoms with Gasteiger partial charge in [-0.15, -0.1) is 0 Å². The molecule has 1 fully saturated rings. The molecule has 1 N–H and O–H groups in total. The molecule has 1 aliphatic heterocycles. The van der Waals surface area contributed by atoms with E-state index in [4.69, 9.17) is 16.9 Å². The number of likely N-dealkylation sites (tertiary alicyclic amines) is 1. The van der Waals surface area contributed by atoms with Crippen molar-refractivity contribution in [3.05, 3.63) is 63.9 Å². The average Bonchev–Trinajstić information content (AvgIpc) is 3.08. The van der Waals surface area contributed by atoms with Crippen LogP contribution in [-0.2, 0) is 4.79 Å². The van der Waals surface area contributed by atoms with Crippen LogP contribution in [0.25, 0.3) is 11.6 Å². The van der Waals surface area contributed by atoms with Gasteiger partial charge in [-0.05, 0) is 48.7 Å². The lowest BCUT2D eigenvalue weighted by molar-refractivity contribution is -0.131. The SMILES string of the molecule is C/C(=C\c1ccc(Cl)cc1C)c1cnccc1C(=O)NCC(=O)N1CC(F)(F)CC1C#N. The van der Waals surface area contributed by atoms with E-state index in [1.807, 2.05) is 32.1 Å². The van der Waals surface area contributed by atoms with Gasteiger partial charge in [-0.1, -0.05) is 23.7 Å². The van der Waals surface area contributed by atoms with Gasteiger partial charge in [0.25, 0.3) is 11.8 Å². The number of carbonyl (C=O) groups is 2. The minimum absolute atomic E-state index is 0.289. The zero-order valence-electron chi connectivity index (χ0n) is 17.5. The summed E-state index contributed by atoms with van der Waals surface area (Å²) in [6.07, 6.45) is 4.19. The van der Waals surface area contributed by atoms with Crippen LogP contribution < -0.4 is 5.32 Å². The number of aryl methyl sites for hydroxylation is 1. The molecule has 166 valence electrons. The highest BCUT2D eigenvalue weighted by atomic mass is 35.5. The summed E-state index contributed by atoms with van der Waals surface area (Å²) in [7, 11) is 0. The molecule has 32 heavy (non-hydrogen) atoms. The number of rotatable bonds is 5. The number of aromatic nitrogens is 1. The Morgan fingerprint density at radius 1 is 1.38 bits per heavy atom. The third-order valence-corrected chi connectivity index (χ3v) is 5.47. The fourth-order valence-corrected chi connectivity index (χ4v) is 3.79. The van der Waals surface area contributed by atoms with Crippen LogP contribution >= 0.6 is 11.6 Å². The van der Waals surface area contributed by atoms with E-state index in [2.05, 4.69) is 10.3 Å². The van der Waals surface area contributed by atoms with E-state index in [-0.39, 0.29) is 5.56 Å². The van der Waals surface area contributed by atoms with Gasteiger partial charge in [-0.25, -0.2) is 8.78 Å². The number of hydrogen-bond donors (Lipinski definition) is 1. The van der Waals surface area contributed by atoms with Gasteiger partial charge in [0.2, 0.25) is 5.91 Å². The smallest absolute Gasteiger partial charge is 0.268 e. The predicted molar refractivity (Wildman–Crippen MR) is 117 cm³/mol. The minimum Gasteiger partial charge on any atom is -0.343 e. The molecule has 2 amide bonds. The number of carbonyl (C=O) groups excluding carboxylic acids is 2. The summed E-state index contributed by atoms with van der Waals surface area (Å²) >= 11 is 6.00. The number of amides is 2. The molecule has 2 heterocycles. The van der Waals surface area contributed by atoms with Crippen LogP contribution in [0.2, 0.25) is 5.02 Å². The molecule has 0 radical (unpaired) electrons. The molecule has 1 aromatic heterocycles. The number of nitriles is 1. The van der Waals surface area contributed by atoms with Crippen molar-refractivity contribution in [2.24, 2.45) is 0 Å². The lowest BCUT2D eigenvalue weighted by Gasteiger charge is -2.19. The van der Waals surface area contributed by atoms with Gasteiger partial charge in [0.15, 0.2) is 0 Å². The van der Waals surface area contributed by atoms with Crippen LogP contribution in [0.15, 0.2) is 36.7 Å². The average molecular weight is 459 g/mol. The maximum absolute atomic E-state index is 13.6. The van der Waals surface area contributed by atoms with Gasteiger partial charge in [0.1, 0.15) is 6.04 Å². The van der Waals surface area contributed by atoms with Crippen molar-refractivity contribution in [3.63, 3.8) is 0 Å². The largest absolute Gasteiger partial charge is 0.343 e. The first-order valence-corrected chi connectivity index (χ1v) is 10.2. The number of benzene rings is 1. The summed E-state index contributed by atoms with van der Waals surface area (Å²) < 4.78 is 27.1. The molecule has 1 atom stereocenters. The molecule has 1 saturated heterocycles. The summed E-state index contributed by atoms with van der Waals surface area (Å²) in [6.45, 7) is 2.43. The Labute approximate surface area is 189 Å². The Balaban J connectivity index is 1.75. The van der Waals surface area contributed by atoms with E-state index in [1.165, 1.54) is 12.3 Å². The Bertz CT molecular complexity index is 1130. The predicted octanol–water partition coefficient (Wildman–Crippen LogP) is 4.09. The van der Waals surface area contributed by atoms with Crippen molar-refractivity contribution in [1.29, 1.82) is 5.26 Å². The Morgan fingerprint density at radius 2 is 2.12 bits per heavy atom. The molecule has 9 heteroatoms. The number of nitrogens with one attached hydrogen (secondary N) is 1. The molecule has 0 aliphatic carbocycles. The first kappa shape index (κ1) is 23.4. The van der Waals surface area contributed by atoms with Crippen LogP contribution in [0.5, 0.6) is 0 Å². The van der Waals surface area contributed by atoms with Crippen molar-refractivity contribution in [2.45, 2.75) is 32.2 Å². The third kappa shape index (κ3) is 5.29. The quantitative estimate of drug-likeness (QED) is 0.731. The van der Waals surface area contributed by atoms with Crippen molar-refractivity contribution >= 4 is 35.1 Å². The molecular weight excluding hydrogens is 438 g/mol. The van der Waals surface area contributed by atoms with Crippen molar-refractivity contribution < 1.29 is 18.4 Å². The normalized spacial score (nSPS) is 17.7. The number of halogens is 3. The first-order chi connectivity index (χ1) is 15.1. The summed E-state index contributed by atoms with van der Waals surface area (Å²) in [5.41, 5.74) is 3.51. The maximum atomic E-state index is 13.6. The van der Waals surface area contributed by atoms with Gasteiger partial charge in [0, 0.05) is 35.0 Å². The van der Waals surface area contributed by atoms with E-state index >= 15 is 0 Å². The van der Waals surface area contributed by atoms with Gasteiger partial charge in [-0.3, -0.25) is 14.6 Å². The molecule has 3 rings (SSSR count). The number of hydrogen-bond acceptors (Lipinski definition) is 4. The molecule has 1 unspecified atom stereocenters. The van der Waals surface area contributed by atoms with E-state index < -0.39 is 43.3 Å². The summed E-state index contributed by atoms with van der Waals surface area (Å²) in [6, 6.07) is 7.49. The first-order valence-electron chi connectivity index (χ1n) is 9.85. The topological polar surface area (TPSA) is 86.1 Å². The second-order valence-electron chi connectivity index (χ2n) is 7.66. The van der Waals surface area contributed by atoms with Crippen molar-refractivity contribution in [1.82, 2.24) is 15.2 Å². The highest BCUT2D eigenvalue weighted by Crippen LogP contribution is 2.31. The second-order valence-corrected chi connectivity index (χ2v) is 8.10. The summed E-state index contributed by atoms with van der Waals surface area (Å²) in [4.78, 5) is 30.0. The molecule has 0 saturated carbocycles. The number of alkyl halides is 2. The molecule has 0 spiro atoms. The molecule has 0 bridgehead atoms. The Hall–Kier alpha value is -3.31. The Morgan fingerprint density at radius 3 is 2.81 bits per heavy atom. The third-order valence-electron chi connectivity index (χ3n) is 5.23. The van der Waals surface area contributed by atoms with Gasteiger partial charge < -0.3 is 10.2 Å². The van der Waals surface area contributed by atoms with Crippen LogP contribution in [0.4, 0.5) is 8.78 Å². The van der Waals surface area contributed by atoms with Crippen molar-refractivity contribution in [3.8, 4) is 6.07 Å². The van der Waals surface area contributed by atoms with Crippen molar-refractivity contribution in [2.75, 3.05) is 13.1 Å². The van der Waals surface area contributed by atoms with Crippen LogP contribution in [-0.4, -0.2) is 46.8 Å². The molecule has 2 aromatic rings. The number of pyridine rings is 1. The monoisotopic (exact) mass is 458 g/mol. The number of allylic oxidation sites excluding steroid dienone is 1. The number of nitrogens with zero attached hydrogens (tertiary/aromatic N) is 3. The molecular formula is C23H21ClF2N4O2. The Kier molecular flexibility index (Phi) is 6.90. The van der Waals surface area contributed by atoms with E-state index in [1.54, 1.807) is 18.3 Å². The highest BCUT2D eigenvalue weighted by molar-refractivity contribution is 6.30. The van der Waals surface area contributed by atoms with Gasteiger partial charge in [-0.2, -0.15) is 5.26 Å². The second kappa shape index (κ2) is 9.45. The molecule has 1 aliphatic rings. The van der Waals surface area contributed by atoms with E-state index in [9.17, 15) is 18.4 Å². The standard InChI is InChI=1S/C23H21ClF2N4O2/c1-14-8-17(24)4-3-16(14)7-15(2)20-11-28-6-5-19(20)22(32)29-12-21(31)30-13-23(25,26)9-18(30)10-27/h3-8,11,18H,9,12-13H2,1-2H3,(H,29,32)/b15-7+. The summed E-state index contributed by atoms with van der Waals surface area (Å²) in [5.74, 6) is -4.39. The lowest BCUT2D eigenvalue weighted by atomic mass is 9.99. The molecule has 6 nitrogen and oxygen atoms in total. The minimum atomic E-state index is -3.11. The maximum Gasteiger partial charge on any atom is 0.268 e. The fraction of sp³-hybridized carbons (Fsp3) is 0.304. The zero-order chi connectivity index (χ0) is 23.5. The van der Waals surface area contributed by atoms with Gasteiger partial charge >= 0.3 is 0 Å². The summed E-state index contributed by atoms with van der Waals surface area (Å²) in [5, 5.41) is 12.1. The van der Waals surface area contributed by atoms with Crippen LogP contribution in [0.3, 0.4) is 0 Å². The lowest BCUT2D eigenvalue weighted by Crippen LogP contribution is -2.43.